The molecule has 21 heavy (non-hydrogen) atoms. The zero-order valence-corrected chi connectivity index (χ0v) is 12.3. The highest BCUT2D eigenvalue weighted by Gasteiger charge is 2.18. The quantitative estimate of drug-likeness (QED) is 0.673. The molecule has 1 heterocycles. The Morgan fingerprint density at radius 2 is 2.10 bits per heavy atom. The van der Waals surface area contributed by atoms with Gasteiger partial charge < -0.3 is 15.2 Å². The lowest BCUT2D eigenvalue weighted by atomic mass is 10.2. The van der Waals surface area contributed by atoms with E-state index in [4.69, 9.17) is 10.5 Å². The fourth-order valence-electron chi connectivity index (χ4n) is 1.53. The van der Waals surface area contributed by atoms with E-state index in [1.165, 1.54) is 25.4 Å². The van der Waals surface area contributed by atoms with Gasteiger partial charge in [-0.05, 0) is 18.2 Å². The van der Waals surface area contributed by atoms with E-state index in [0.29, 0.717) is 0 Å². The number of anilines is 1. The predicted octanol–water partition coefficient (Wildman–Crippen LogP) is 3.28. The van der Waals surface area contributed by atoms with Crippen molar-refractivity contribution in [1.82, 2.24) is 4.98 Å². The molecule has 5 nitrogen and oxygen atoms in total. The molecule has 0 saturated carbocycles. The van der Waals surface area contributed by atoms with Crippen molar-refractivity contribution in [3.05, 3.63) is 46.1 Å². The number of nitrogens with zero attached hydrogens (tertiary/aromatic N) is 1. The monoisotopic (exact) mass is 358 g/mol. The number of rotatable bonds is 3. The van der Waals surface area contributed by atoms with Crippen molar-refractivity contribution < 1.29 is 23.0 Å². The Morgan fingerprint density at radius 1 is 1.38 bits per heavy atom. The average Bonchev–Trinajstić information content (AvgIpc) is 2.45. The van der Waals surface area contributed by atoms with Crippen LogP contribution in [0.25, 0.3) is 0 Å². The first-order chi connectivity index (χ1) is 9.93. The molecule has 0 fully saturated rings. The summed E-state index contributed by atoms with van der Waals surface area (Å²) in [6, 6.07) is 3.49. The molecule has 2 rings (SSSR count). The Hall–Kier alpha value is -2.22. The molecule has 0 aliphatic rings. The summed E-state index contributed by atoms with van der Waals surface area (Å²) in [6.07, 6.45) is 1.24. The highest BCUT2D eigenvalue weighted by atomic mass is 79.9. The molecule has 0 radical (unpaired) electrons. The molecule has 0 aliphatic carbocycles. The van der Waals surface area contributed by atoms with Gasteiger partial charge in [0.2, 0.25) is 11.7 Å². The molecule has 0 unspecified atom stereocenters. The maximum Gasteiger partial charge on any atom is 0.340 e. The standard InChI is InChI=1S/C13H9BrF2N2O3/c1-20-13(19)7-2-3-18-12(11(7)17)21-9-5-6(14)4-8(15)10(9)16/h2-5H,17H2,1H3. The van der Waals surface area contributed by atoms with Crippen LogP contribution in [0.5, 0.6) is 11.6 Å². The number of nitrogens with two attached hydrogens (primary N) is 1. The number of ether oxygens (including phenoxy) is 2. The van der Waals surface area contributed by atoms with E-state index in [2.05, 4.69) is 25.7 Å². The second-order valence-electron chi connectivity index (χ2n) is 3.87. The number of halogens is 3. The molecule has 2 aromatic rings. The van der Waals surface area contributed by atoms with Gasteiger partial charge in [-0.1, -0.05) is 15.9 Å². The second kappa shape index (κ2) is 6.04. The number of carbonyl (C=O) groups is 1. The number of nitrogen functional groups attached to an aromatic ring is 1. The van der Waals surface area contributed by atoms with Gasteiger partial charge in [-0.15, -0.1) is 0 Å². The number of hydrogen-bond donors (Lipinski definition) is 1. The number of esters is 1. The third-order valence-electron chi connectivity index (χ3n) is 2.53. The average molecular weight is 359 g/mol. The lowest BCUT2D eigenvalue weighted by molar-refractivity contribution is 0.0601. The Kier molecular flexibility index (Phi) is 4.37. The molecule has 0 amide bonds. The minimum Gasteiger partial charge on any atom is -0.465 e. The fourth-order valence-corrected chi connectivity index (χ4v) is 1.94. The summed E-state index contributed by atoms with van der Waals surface area (Å²) in [5.41, 5.74) is 5.59. The van der Waals surface area contributed by atoms with Crippen molar-refractivity contribution in [3.8, 4) is 11.6 Å². The van der Waals surface area contributed by atoms with Crippen LogP contribution in [0.1, 0.15) is 10.4 Å². The largest absolute Gasteiger partial charge is 0.465 e. The number of aromatic nitrogens is 1. The Morgan fingerprint density at radius 3 is 2.76 bits per heavy atom. The topological polar surface area (TPSA) is 74.4 Å². The summed E-state index contributed by atoms with van der Waals surface area (Å²) in [6.45, 7) is 0. The summed E-state index contributed by atoms with van der Waals surface area (Å²) >= 11 is 3.02. The van der Waals surface area contributed by atoms with Gasteiger partial charge in [0, 0.05) is 10.7 Å². The smallest absolute Gasteiger partial charge is 0.340 e. The van der Waals surface area contributed by atoms with Gasteiger partial charge in [0.1, 0.15) is 5.69 Å². The third kappa shape index (κ3) is 3.10. The van der Waals surface area contributed by atoms with Crippen LogP contribution < -0.4 is 10.5 Å². The van der Waals surface area contributed by atoms with Crippen molar-refractivity contribution in [2.24, 2.45) is 0 Å². The van der Waals surface area contributed by atoms with Gasteiger partial charge >= 0.3 is 5.97 Å². The van der Waals surface area contributed by atoms with Gasteiger partial charge in [0.25, 0.3) is 0 Å². The molecule has 2 N–H and O–H groups in total. The first-order valence-electron chi connectivity index (χ1n) is 5.59. The number of methoxy groups -OCH3 is 1. The lowest BCUT2D eigenvalue weighted by Gasteiger charge is -2.11. The van der Waals surface area contributed by atoms with Crippen LogP contribution in [-0.4, -0.2) is 18.1 Å². The van der Waals surface area contributed by atoms with Crippen LogP contribution in [-0.2, 0) is 4.74 Å². The van der Waals surface area contributed by atoms with Crippen molar-refractivity contribution in [2.45, 2.75) is 0 Å². The molecule has 1 aromatic carbocycles. The maximum absolute atomic E-state index is 13.6. The number of benzene rings is 1. The first kappa shape index (κ1) is 15.2. The first-order valence-corrected chi connectivity index (χ1v) is 6.38. The normalized spacial score (nSPS) is 10.3. The van der Waals surface area contributed by atoms with Gasteiger partial charge in [-0.25, -0.2) is 14.2 Å². The molecule has 1 aromatic heterocycles. The minimum absolute atomic E-state index is 0.0124. The van der Waals surface area contributed by atoms with E-state index >= 15 is 0 Å². The van der Waals surface area contributed by atoms with E-state index in [1.807, 2.05) is 0 Å². The molecule has 110 valence electrons. The fraction of sp³-hybridized carbons (Fsp3) is 0.0769. The van der Waals surface area contributed by atoms with E-state index in [-0.39, 0.29) is 21.6 Å². The van der Waals surface area contributed by atoms with Crippen LogP contribution in [0, 0.1) is 11.6 Å². The summed E-state index contributed by atoms with van der Waals surface area (Å²) < 4.78 is 36.9. The molecule has 0 bridgehead atoms. The van der Waals surface area contributed by atoms with Crippen LogP contribution in [0.2, 0.25) is 0 Å². The summed E-state index contributed by atoms with van der Waals surface area (Å²) in [5.74, 6) is -3.62. The molecule has 0 aliphatic heterocycles. The predicted molar refractivity (Wildman–Crippen MR) is 74.1 cm³/mol. The van der Waals surface area contributed by atoms with E-state index in [9.17, 15) is 13.6 Å². The Labute approximate surface area is 126 Å². The number of pyridine rings is 1. The van der Waals surface area contributed by atoms with Crippen LogP contribution in [0.15, 0.2) is 28.9 Å². The molecule has 0 spiro atoms. The highest BCUT2D eigenvalue weighted by Crippen LogP contribution is 2.32. The molecular formula is C13H9BrF2N2O3. The SMILES string of the molecule is COC(=O)c1ccnc(Oc2cc(Br)cc(F)c2F)c1N. The van der Waals surface area contributed by atoms with E-state index in [0.717, 1.165) is 6.07 Å². The summed E-state index contributed by atoms with van der Waals surface area (Å²) in [7, 11) is 1.19. The van der Waals surface area contributed by atoms with Gasteiger partial charge in [0.05, 0.1) is 12.7 Å². The molecule has 8 heteroatoms. The van der Waals surface area contributed by atoms with Crippen molar-refractivity contribution >= 4 is 27.6 Å². The Bertz CT molecular complexity index is 710. The van der Waals surface area contributed by atoms with Crippen molar-refractivity contribution in [1.29, 1.82) is 0 Å². The van der Waals surface area contributed by atoms with Crippen molar-refractivity contribution in [3.63, 3.8) is 0 Å². The second-order valence-corrected chi connectivity index (χ2v) is 4.79. The molecule has 0 atom stereocenters. The van der Waals surface area contributed by atoms with E-state index < -0.39 is 23.4 Å². The molecule has 0 saturated heterocycles. The van der Waals surface area contributed by atoms with E-state index in [1.54, 1.807) is 0 Å². The number of carbonyl (C=O) groups excluding carboxylic acids is 1. The van der Waals surface area contributed by atoms with Gasteiger partial charge in [-0.2, -0.15) is 4.39 Å². The van der Waals surface area contributed by atoms with Gasteiger partial charge in [-0.3, -0.25) is 0 Å². The zero-order chi connectivity index (χ0) is 15.6. The van der Waals surface area contributed by atoms with Crippen LogP contribution in [0.3, 0.4) is 0 Å². The van der Waals surface area contributed by atoms with Gasteiger partial charge in [0.15, 0.2) is 11.6 Å². The van der Waals surface area contributed by atoms with Crippen molar-refractivity contribution in [2.75, 3.05) is 12.8 Å². The number of hydrogen-bond acceptors (Lipinski definition) is 5. The Balaban J connectivity index is 2.43. The minimum atomic E-state index is -1.19. The third-order valence-corrected chi connectivity index (χ3v) is 2.98. The lowest BCUT2D eigenvalue weighted by Crippen LogP contribution is -2.08. The summed E-state index contributed by atoms with van der Waals surface area (Å²) in [4.78, 5) is 15.3. The molecular weight excluding hydrogens is 350 g/mol. The zero-order valence-electron chi connectivity index (χ0n) is 10.7. The highest BCUT2D eigenvalue weighted by molar-refractivity contribution is 9.10. The summed E-state index contributed by atoms with van der Waals surface area (Å²) in [5, 5.41) is 0. The van der Waals surface area contributed by atoms with Crippen LogP contribution >= 0.6 is 15.9 Å². The van der Waals surface area contributed by atoms with Crippen LogP contribution in [0.4, 0.5) is 14.5 Å². The maximum atomic E-state index is 13.6.